The van der Waals surface area contributed by atoms with E-state index in [9.17, 15) is 9.18 Å². The number of rotatable bonds is 8. The molecule has 3 rings (SSSR count). The average molecular weight is 431 g/mol. The van der Waals surface area contributed by atoms with Crippen molar-refractivity contribution in [3.63, 3.8) is 0 Å². The van der Waals surface area contributed by atoms with E-state index >= 15 is 0 Å². The molecule has 0 aliphatic carbocycles. The maximum Gasteiger partial charge on any atom is 0.233 e. The Morgan fingerprint density at radius 2 is 2.37 bits per heavy atom. The van der Waals surface area contributed by atoms with E-state index in [0.717, 1.165) is 19.4 Å². The Bertz CT molecular complexity index is 766. The largest absolute Gasteiger partial charge is 0.376 e. The number of benzene rings is 1. The number of carbonyl (C=O) groups excluding carboxylic acids is 1. The summed E-state index contributed by atoms with van der Waals surface area (Å²) in [6.07, 6.45) is 2.38. The summed E-state index contributed by atoms with van der Waals surface area (Å²) in [6, 6.07) is 4.48. The molecule has 1 atom stereocenters. The highest BCUT2D eigenvalue weighted by atomic mass is 35.5. The van der Waals surface area contributed by atoms with E-state index < -0.39 is 5.82 Å². The molecular formula is C17H20ClFN4O2S2. The third-order valence-electron chi connectivity index (χ3n) is 4.11. The second-order valence-corrected chi connectivity index (χ2v) is 8.73. The molecule has 1 aromatic heterocycles. The van der Waals surface area contributed by atoms with Crippen LogP contribution in [0, 0.1) is 5.82 Å². The molecule has 1 fully saturated rings. The Balaban J connectivity index is 1.45. The number of nitrogens with zero attached hydrogens (tertiary/aromatic N) is 3. The standard InChI is InChI=1S/C17H20ClFN4O2S2/c1-23(9-12-13(18)5-2-6-14(12)19)15(24)10-26-17-22-21-16(27-17)20-8-11-4-3-7-25-11/h2,5-6,11H,3-4,7-10H2,1H3,(H,20,21). The van der Waals surface area contributed by atoms with Gasteiger partial charge in [-0.25, -0.2) is 4.39 Å². The average Bonchev–Trinajstić information content (AvgIpc) is 3.32. The van der Waals surface area contributed by atoms with Gasteiger partial charge in [0.05, 0.1) is 11.9 Å². The summed E-state index contributed by atoms with van der Waals surface area (Å²) in [6.45, 7) is 1.65. The third-order valence-corrected chi connectivity index (χ3v) is 6.47. The highest BCUT2D eigenvalue weighted by Gasteiger charge is 2.17. The smallest absolute Gasteiger partial charge is 0.233 e. The molecule has 1 saturated heterocycles. The van der Waals surface area contributed by atoms with Crippen molar-refractivity contribution >= 4 is 45.7 Å². The van der Waals surface area contributed by atoms with Gasteiger partial charge in [0.2, 0.25) is 11.0 Å². The van der Waals surface area contributed by atoms with Crippen LogP contribution in [0.15, 0.2) is 22.5 Å². The summed E-state index contributed by atoms with van der Waals surface area (Å²) < 4.78 is 20.1. The van der Waals surface area contributed by atoms with Crippen molar-refractivity contribution in [3.8, 4) is 0 Å². The third kappa shape index (κ3) is 5.78. The van der Waals surface area contributed by atoms with E-state index in [1.165, 1.54) is 34.1 Å². The predicted octanol–water partition coefficient (Wildman–Crippen LogP) is 3.67. The molecule has 2 heterocycles. The SMILES string of the molecule is CN(Cc1c(F)cccc1Cl)C(=O)CSc1nnc(NCC2CCCO2)s1. The topological polar surface area (TPSA) is 67.4 Å². The lowest BCUT2D eigenvalue weighted by Crippen LogP contribution is -2.28. The Morgan fingerprint density at radius 3 is 3.11 bits per heavy atom. The fourth-order valence-corrected chi connectivity index (χ4v) is 4.51. The molecule has 10 heteroatoms. The van der Waals surface area contributed by atoms with Gasteiger partial charge in [0.25, 0.3) is 0 Å². The fourth-order valence-electron chi connectivity index (χ4n) is 2.59. The van der Waals surface area contributed by atoms with Gasteiger partial charge in [-0.2, -0.15) is 0 Å². The van der Waals surface area contributed by atoms with Crippen LogP contribution in [0.1, 0.15) is 18.4 Å². The molecule has 1 aromatic carbocycles. The summed E-state index contributed by atoms with van der Waals surface area (Å²) in [5.41, 5.74) is 0.316. The van der Waals surface area contributed by atoms with Gasteiger partial charge in [-0.05, 0) is 25.0 Å². The zero-order chi connectivity index (χ0) is 19.2. The molecule has 0 bridgehead atoms. The number of anilines is 1. The van der Waals surface area contributed by atoms with Crippen molar-refractivity contribution in [2.75, 3.05) is 31.3 Å². The summed E-state index contributed by atoms with van der Waals surface area (Å²) in [5.74, 6) is -0.354. The minimum Gasteiger partial charge on any atom is -0.376 e. The molecule has 1 N–H and O–H groups in total. The van der Waals surface area contributed by atoms with E-state index in [-0.39, 0.29) is 24.3 Å². The number of aromatic nitrogens is 2. The van der Waals surface area contributed by atoms with Crippen LogP contribution in [0.5, 0.6) is 0 Å². The maximum absolute atomic E-state index is 13.9. The molecule has 1 aliphatic rings. The summed E-state index contributed by atoms with van der Waals surface area (Å²) >= 11 is 8.73. The lowest BCUT2D eigenvalue weighted by atomic mass is 10.2. The van der Waals surface area contributed by atoms with Crippen LogP contribution in [0.4, 0.5) is 9.52 Å². The maximum atomic E-state index is 13.9. The lowest BCUT2D eigenvalue weighted by Gasteiger charge is -2.18. The molecular weight excluding hydrogens is 411 g/mol. The van der Waals surface area contributed by atoms with E-state index in [0.29, 0.717) is 26.6 Å². The number of hydrogen-bond donors (Lipinski definition) is 1. The number of halogens is 2. The zero-order valence-corrected chi connectivity index (χ0v) is 17.2. The molecule has 0 radical (unpaired) electrons. The predicted molar refractivity (Wildman–Crippen MR) is 106 cm³/mol. The zero-order valence-electron chi connectivity index (χ0n) is 14.8. The van der Waals surface area contributed by atoms with Crippen molar-refractivity contribution in [3.05, 3.63) is 34.6 Å². The Hall–Kier alpha value is -1.42. The van der Waals surface area contributed by atoms with Crippen LogP contribution in [-0.2, 0) is 16.1 Å². The molecule has 27 heavy (non-hydrogen) atoms. The summed E-state index contributed by atoms with van der Waals surface area (Å²) in [4.78, 5) is 13.8. The first-order valence-corrected chi connectivity index (χ1v) is 10.7. The molecule has 1 unspecified atom stereocenters. The number of ether oxygens (including phenoxy) is 1. The Labute approximate surface area is 170 Å². The minimum absolute atomic E-state index is 0.120. The molecule has 146 valence electrons. The first-order chi connectivity index (χ1) is 13.0. The molecule has 1 amide bonds. The van der Waals surface area contributed by atoms with Crippen molar-refractivity contribution in [1.82, 2.24) is 15.1 Å². The first-order valence-electron chi connectivity index (χ1n) is 8.51. The minimum atomic E-state index is -0.416. The van der Waals surface area contributed by atoms with E-state index in [1.807, 2.05) is 0 Å². The molecule has 0 saturated carbocycles. The molecule has 0 spiro atoms. The summed E-state index contributed by atoms with van der Waals surface area (Å²) in [7, 11) is 1.63. The van der Waals surface area contributed by atoms with E-state index in [2.05, 4.69) is 15.5 Å². The van der Waals surface area contributed by atoms with Crippen LogP contribution in [-0.4, -0.2) is 53.1 Å². The quantitative estimate of drug-likeness (QED) is 0.644. The molecule has 1 aliphatic heterocycles. The second kappa shape index (κ2) is 9.68. The van der Waals surface area contributed by atoms with Crippen molar-refractivity contribution in [1.29, 1.82) is 0 Å². The lowest BCUT2D eigenvalue weighted by molar-refractivity contribution is -0.127. The van der Waals surface area contributed by atoms with Gasteiger partial charge >= 0.3 is 0 Å². The van der Waals surface area contributed by atoms with Gasteiger partial charge in [-0.15, -0.1) is 10.2 Å². The van der Waals surface area contributed by atoms with Crippen molar-refractivity contribution < 1.29 is 13.9 Å². The van der Waals surface area contributed by atoms with Crippen LogP contribution in [0.25, 0.3) is 0 Å². The Morgan fingerprint density at radius 1 is 1.52 bits per heavy atom. The van der Waals surface area contributed by atoms with Crippen LogP contribution in [0.2, 0.25) is 5.02 Å². The number of carbonyl (C=O) groups is 1. The number of nitrogens with one attached hydrogen (secondary N) is 1. The first kappa shape index (κ1) is 20.3. The number of amides is 1. The number of hydrogen-bond acceptors (Lipinski definition) is 7. The van der Waals surface area contributed by atoms with E-state index in [1.54, 1.807) is 19.2 Å². The fraction of sp³-hybridized carbons (Fsp3) is 0.471. The van der Waals surface area contributed by atoms with Crippen LogP contribution >= 0.6 is 34.7 Å². The monoisotopic (exact) mass is 430 g/mol. The van der Waals surface area contributed by atoms with Crippen molar-refractivity contribution in [2.24, 2.45) is 0 Å². The van der Waals surface area contributed by atoms with Crippen molar-refractivity contribution in [2.45, 2.75) is 29.8 Å². The van der Waals surface area contributed by atoms with Gasteiger partial charge in [0.1, 0.15) is 5.82 Å². The van der Waals surface area contributed by atoms with E-state index in [4.69, 9.17) is 16.3 Å². The number of thioether (sulfide) groups is 1. The highest BCUT2D eigenvalue weighted by molar-refractivity contribution is 8.01. The highest BCUT2D eigenvalue weighted by Crippen LogP contribution is 2.26. The van der Waals surface area contributed by atoms with Gasteiger partial charge in [0.15, 0.2) is 4.34 Å². The van der Waals surface area contributed by atoms with Gasteiger partial charge in [-0.1, -0.05) is 40.8 Å². The van der Waals surface area contributed by atoms with Crippen LogP contribution in [0.3, 0.4) is 0 Å². The summed E-state index contributed by atoms with van der Waals surface area (Å²) in [5, 5.41) is 12.4. The normalized spacial score (nSPS) is 16.5. The second-order valence-electron chi connectivity index (χ2n) is 6.13. The molecule has 6 nitrogen and oxygen atoms in total. The van der Waals surface area contributed by atoms with Crippen LogP contribution < -0.4 is 5.32 Å². The Kier molecular flexibility index (Phi) is 7.28. The van der Waals surface area contributed by atoms with Gasteiger partial charge in [-0.3, -0.25) is 4.79 Å². The van der Waals surface area contributed by atoms with Gasteiger partial charge in [0, 0.05) is 37.3 Å². The molecule has 2 aromatic rings. The van der Waals surface area contributed by atoms with Gasteiger partial charge < -0.3 is 15.0 Å².